The molecule has 0 aliphatic heterocycles. The Bertz CT molecular complexity index is 991. The van der Waals surface area contributed by atoms with Crippen LogP contribution in [0.15, 0.2) is 77.4 Å². The van der Waals surface area contributed by atoms with Crippen molar-refractivity contribution in [3.05, 3.63) is 104 Å². The molecule has 0 heterocycles. The minimum absolute atomic E-state index is 0. The summed E-state index contributed by atoms with van der Waals surface area (Å²) in [6.45, 7) is 13.9. The molecule has 0 saturated carbocycles. The third-order valence-corrected chi connectivity index (χ3v) is 5.61. The zero-order valence-electron chi connectivity index (χ0n) is 19.6. The van der Waals surface area contributed by atoms with Crippen LogP contribution in [-0.2, 0) is 29.8 Å². The number of allylic oxidation sites excluding steroid dienone is 4. The van der Waals surface area contributed by atoms with Crippen molar-refractivity contribution in [2.24, 2.45) is 5.92 Å². The van der Waals surface area contributed by atoms with E-state index in [1.807, 2.05) is 0 Å². The van der Waals surface area contributed by atoms with E-state index in [0.29, 0.717) is 5.92 Å². The van der Waals surface area contributed by atoms with Crippen LogP contribution >= 0.6 is 0 Å². The summed E-state index contributed by atoms with van der Waals surface area (Å²) in [6, 6.07) is 21.7. The molecule has 0 spiro atoms. The van der Waals surface area contributed by atoms with E-state index >= 15 is 0 Å². The maximum atomic E-state index is 3.36. The second-order valence-corrected chi connectivity index (χ2v) is 7.14. The summed E-state index contributed by atoms with van der Waals surface area (Å²) in [4.78, 5) is 0. The van der Waals surface area contributed by atoms with Gasteiger partial charge in [-0.1, -0.05) is 75.1 Å². The molecule has 0 bridgehead atoms. The van der Waals surface area contributed by atoms with Crippen LogP contribution in [0.5, 0.6) is 0 Å². The first-order valence-electron chi connectivity index (χ1n) is 9.78. The van der Waals surface area contributed by atoms with Crippen LogP contribution < -0.4 is 0 Å². The Balaban J connectivity index is 0.000000558. The van der Waals surface area contributed by atoms with Crippen LogP contribution in [0, 0.1) is 26.8 Å². The van der Waals surface area contributed by atoms with E-state index < -0.39 is 0 Å². The second kappa shape index (κ2) is 13.8. The topological polar surface area (TPSA) is 0 Å². The van der Waals surface area contributed by atoms with E-state index in [4.69, 9.17) is 0 Å². The fourth-order valence-corrected chi connectivity index (χ4v) is 3.64. The van der Waals surface area contributed by atoms with Crippen molar-refractivity contribution in [2.75, 3.05) is 0 Å². The molecule has 158 valence electrons. The molecule has 1 unspecified atom stereocenters. The van der Waals surface area contributed by atoms with Crippen molar-refractivity contribution in [1.82, 2.24) is 0 Å². The Labute approximate surface area is 202 Å². The normalized spacial score (nSPS) is 14.4. The molecular weight excluding hydrogens is 456 g/mol. The summed E-state index contributed by atoms with van der Waals surface area (Å²) in [6.07, 6.45) is 4.44. The Hall–Kier alpha value is -1.37. The van der Waals surface area contributed by atoms with Gasteiger partial charge in [0.1, 0.15) is 0 Å². The fourth-order valence-electron chi connectivity index (χ4n) is 3.64. The van der Waals surface area contributed by atoms with Crippen LogP contribution in [0.25, 0.3) is 21.9 Å². The molecule has 4 rings (SSSR count). The van der Waals surface area contributed by atoms with E-state index in [2.05, 4.69) is 108 Å². The molecule has 0 amide bonds. The molecule has 1 aliphatic rings. The zero-order valence-corrected chi connectivity index (χ0v) is 23.0. The molecule has 3 aromatic carbocycles. The third-order valence-electron chi connectivity index (χ3n) is 5.61. The Morgan fingerprint density at radius 3 is 2.07 bits per heavy atom. The van der Waals surface area contributed by atoms with Crippen molar-refractivity contribution < 1.29 is 23.3 Å². The Kier molecular flexibility index (Phi) is 13.2. The summed E-state index contributed by atoms with van der Waals surface area (Å²) in [5.74, 6) is 0.560. The molecule has 0 nitrogen and oxygen atoms in total. The number of aryl methyl sites for hydroxylation is 1. The Morgan fingerprint density at radius 1 is 0.933 bits per heavy atom. The first-order valence-corrected chi connectivity index (χ1v) is 14.0. The van der Waals surface area contributed by atoms with Gasteiger partial charge < -0.3 is 14.9 Å². The van der Waals surface area contributed by atoms with Crippen LogP contribution in [0.2, 0.25) is 0 Å². The van der Waals surface area contributed by atoms with Gasteiger partial charge >= 0.3 is 30.2 Å². The Morgan fingerprint density at radius 2 is 1.53 bits per heavy atom. The molecule has 30 heavy (non-hydrogen) atoms. The molecule has 0 N–H and O–H groups in total. The van der Waals surface area contributed by atoms with Crippen molar-refractivity contribution >= 4 is 17.7 Å². The predicted molar refractivity (Wildman–Crippen MR) is 133 cm³/mol. The molecule has 2 heteroatoms. The number of hydrogen-bond acceptors (Lipinski definition) is 0. The zero-order chi connectivity index (χ0) is 20.7. The van der Waals surface area contributed by atoms with E-state index in [1.165, 1.54) is 67.5 Å². The van der Waals surface area contributed by atoms with E-state index in [0.717, 1.165) is 6.42 Å². The van der Waals surface area contributed by atoms with E-state index in [-0.39, 0.29) is 14.9 Å². The fraction of sp³-hybridized carbons (Fsp3) is 0.250. The standard InChI is InChI=1S/C17H15.C9H13.2CH3.Si.Zr/c1-2-13-7-3-5-9-15(13)17-12-11-14-8-4-6-10-16(14)17;1-6-5-7(2)9(4)8(6)3;;;;/h3-12H,2H2,1H3;6H,1-4H3;2*1H3;;/q4*-1;;. The average Bonchev–Trinajstić information content (AvgIpc) is 3.26. The van der Waals surface area contributed by atoms with Gasteiger partial charge in [-0.3, -0.25) is 6.08 Å². The maximum absolute atomic E-state index is 3.36. The quantitative estimate of drug-likeness (QED) is 0.252. The van der Waals surface area contributed by atoms with E-state index in [9.17, 15) is 0 Å². The SMILES string of the molecule is CC1=[C-]C(C)C(C)=C1C.CCc1ccccc1-c1c[cH-]c2ccccc12.[CH3-].[CH3-].[Si]=[Zr]. The summed E-state index contributed by atoms with van der Waals surface area (Å²) in [7, 11) is 0. The van der Waals surface area contributed by atoms with Crippen molar-refractivity contribution in [1.29, 1.82) is 0 Å². The monoisotopic (exact) mass is 488 g/mol. The summed E-state index contributed by atoms with van der Waals surface area (Å²) < 4.78 is 0. The molecule has 1 aliphatic carbocycles. The van der Waals surface area contributed by atoms with Crippen LogP contribution in [0.1, 0.15) is 40.2 Å². The van der Waals surface area contributed by atoms with Crippen LogP contribution in [0.3, 0.4) is 0 Å². The van der Waals surface area contributed by atoms with Crippen molar-refractivity contribution in [3.63, 3.8) is 0 Å². The summed E-state index contributed by atoms with van der Waals surface area (Å²) in [5.41, 5.74) is 8.40. The van der Waals surface area contributed by atoms with Crippen LogP contribution in [0.4, 0.5) is 0 Å². The minimum atomic E-state index is 0. The van der Waals surface area contributed by atoms with Gasteiger partial charge in [0.2, 0.25) is 0 Å². The number of benzene rings is 2. The number of rotatable bonds is 2. The summed E-state index contributed by atoms with van der Waals surface area (Å²) in [5, 5.41) is 2.68. The number of fused-ring (bicyclic) bond motifs is 1. The van der Waals surface area contributed by atoms with Crippen molar-refractivity contribution in [2.45, 2.75) is 41.0 Å². The van der Waals surface area contributed by atoms with Gasteiger partial charge in [-0.05, 0) is 6.42 Å². The van der Waals surface area contributed by atoms with Gasteiger partial charge in [0.05, 0.1) is 0 Å². The number of hydrogen-bond donors (Lipinski definition) is 0. The van der Waals surface area contributed by atoms with Gasteiger partial charge in [-0.25, -0.2) is 5.57 Å². The molecule has 0 saturated heterocycles. The second-order valence-electron chi connectivity index (χ2n) is 7.14. The molecule has 2 radical (unpaired) electrons. The van der Waals surface area contributed by atoms with E-state index in [1.54, 1.807) is 0 Å². The van der Waals surface area contributed by atoms with Crippen LogP contribution in [-0.4, -0.2) is 6.88 Å². The van der Waals surface area contributed by atoms with Gasteiger partial charge in [-0.2, -0.15) is 11.1 Å². The van der Waals surface area contributed by atoms with Gasteiger partial charge in [0.25, 0.3) is 0 Å². The molecule has 0 fully saturated rings. The first-order chi connectivity index (χ1) is 13.5. The predicted octanol–water partition coefficient (Wildman–Crippen LogP) is 8.03. The molecule has 3 aromatic rings. The molecule has 0 aromatic heterocycles. The molecular formula is C28H34SiZr-4. The third kappa shape index (κ3) is 6.56. The molecule has 1 atom stereocenters. The average molecular weight is 490 g/mol. The van der Waals surface area contributed by atoms with Crippen molar-refractivity contribution in [3.8, 4) is 11.1 Å². The summed E-state index contributed by atoms with van der Waals surface area (Å²) >= 11 is 1.36. The van der Waals surface area contributed by atoms with Gasteiger partial charge in [0, 0.05) is 0 Å². The van der Waals surface area contributed by atoms with Gasteiger partial charge in [0.15, 0.2) is 0 Å². The van der Waals surface area contributed by atoms with Gasteiger partial charge in [-0.15, -0.1) is 53.6 Å². The first kappa shape index (κ1) is 28.6.